The van der Waals surface area contributed by atoms with E-state index in [4.69, 9.17) is 10.00 Å². The molecule has 0 radical (unpaired) electrons. The van der Waals surface area contributed by atoms with E-state index in [0.29, 0.717) is 25.9 Å². The van der Waals surface area contributed by atoms with Crippen LogP contribution in [0.5, 0.6) is 5.75 Å². The maximum absolute atomic E-state index is 12.0. The maximum Gasteiger partial charge on any atom is 0.263 e. The predicted octanol–water partition coefficient (Wildman–Crippen LogP) is 1.64. The minimum Gasteiger partial charge on any atom is -0.497 e. The molecule has 7 nitrogen and oxygen atoms in total. The first-order chi connectivity index (χ1) is 12.1. The van der Waals surface area contributed by atoms with E-state index in [0.717, 1.165) is 24.4 Å². The van der Waals surface area contributed by atoms with Gasteiger partial charge in [-0.2, -0.15) is 5.26 Å². The summed E-state index contributed by atoms with van der Waals surface area (Å²) in [4.78, 5) is 25.3. The average Bonchev–Trinajstić information content (AvgIpc) is 3.04. The summed E-state index contributed by atoms with van der Waals surface area (Å²) in [7, 11) is 1.58. The number of nitriles is 1. The fourth-order valence-corrected chi connectivity index (χ4v) is 2.50. The van der Waals surface area contributed by atoms with Gasteiger partial charge in [-0.3, -0.25) is 9.59 Å². The molecule has 1 fully saturated rings. The zero-order valence-corrected chi connectivity index (χ0v) is 14.2. The zero-order valence-electron chi connectivity index (χ0n) is 14.2. The molecule has 1 saturated heterocycles. The molecule has 1 aromatic carbocycles. The van der Waals surface area contributed by atoms with E-state index in [1.54, 1.807) is 36.3 Å². The zero-order chi connectivity index (χ0) is 18.1. The Bertz CT molecular complexity index is 677. The molecule has 1 heterocycles. The van der Waals surface area contributed by atoms with Crippen molar-refractivity contribution < 1.29 is 14.3 Å². The van der Waals surface area contributed by atoms with Crippen LogP contribution in [0.15, 0.2) is 36.0 Å². The molecular formula is C18H22N4O3. The highest BCUT2D eigenvalue weighted by atomic mass is 16.5. The molecule has 2 amide bonds. The van der Waals surface area contributed by atoms with E-state index in [1.165, 1.54) is 6.20 Å². The molecule has 2 N–H and O–H groups in total. The van der Waals surface area contributed by atoms with Gasteiger partial charge < -0.3 is 20.3 Å². The molecule has 0 aliphatic carbocycles. The van der Waals surface area contributed by atoms with Crippen molar-refractivity contribution in [2.45, 2.75) is 19.3 Å². The summed E-state index contributed by atoms with van der Waals surface area (Å²) in [6.07, 6.45) is 3.57. The summed E-state index contributed by atoms with van der Waals surface area (Å²) >= 11 is 0. The normalized spacial score (nSPS) is 14.2. The lowest BCUT2D eigenvalue weighted by atomic mass is 10.2. The highest BCUT2D eigenvalue weighted by Crippen LogP contribution is 2.15. The smallest absolute Gasteiger partial charge is 0.263 e. The van der Waals surface area contributed by atoms with Crippen molar-refractivity contribution in [2.24, 2.45) is 0 Å². The number of benzene rings is 1. The van der Waals surface area contributed by atoms with E-state index in [2.05, 4.69) is 10.6 Å². The van der Waals surface area contributed by atoms with E-state index < -0.39 is 5.91 Å². The molecule has 0 saturated carbocycles. The standard InChI is InChI=1S/C18H22N4O3/c1-25-16-7-5-15(6-8-16)21-13-14(12-19)18(24)20-9-3-11-22-10-2-4-17(22)23/h5-8,13,21H,2-4,9-11H2,1H3,(H,20,24)/b14-13-. The number of hydrogen-bond donors (Lipinski definition) is 2. The van der Waals surface area contributed by atoms with Crippen molar-refractivity contribution >= 4 is 17.5 Å². The number of amides is 2. The van der Waals surface area contributed by atoms with Crippen molar-refractivity contribution in [3.05, 3.63) is 36.0 Å². The minimum atomic E-state index is -0.434. The number of nitrogens with zero attached hydrogens (tertiary/aromatic N) is 2. The van der Waals surface area contributed by atoms with Gasteiger partial charge in [0.25, 0.3) is 5.91 Å². The van der Waals surface area contributed by atoms with Crippen LogP contribution in [0, 0.1) is 11.3 Å². The Balaban J connectivity index is 1.77. The van der Waals surface area contributed by atoms with Crippen LogP contribution in [-0.2, 0) is 9.59 Å². The lowest BCUT2D eigenvalue weighted by molar-refractivity contribution is -0.127. The van der Waals surface area contributed by atoms with Crippen LogP contribution < -0.4 is 15.4 Å². The first-order valence-corrected chi connectivity index (χ1v) is 8.21. The Morgan fingerprint density at radius 1 is 1.40 bits per heavy atom. The molecule has 132 valence electrons. The van der Waals surface area contributed by atoms with E-state index in [1.807, 2.05) is 6.07 Å². The predicted molar refractivity (Wildman–Crippen MR) is 93.8 cm³/mol. The average molecular weight is 342 g/mol. The summed E-state index contributed by atoms with van der Waals surface area (Å²) in [6, 6.07) is 9.01. The molecule has 7 heteroatoms. The quantitative estimate of drug-likeness (QED) is 0.425. The van der Waals surface area contributed by atoms with Gasteiger partial charge in [0.2, 0.25) is 5.91 Å². The number of methoxy groups -OCH3 is 1. The van der Waals surface area contributed by atoms with E-state index in [9.17, 15) is 9.59 Å². The lowest BCUT2D eigenvalue weighted by Crippen LogP contribution is -2.31. The largest absolute Gasteiger partial charge is 0.497 e. The number of likely N-dealkylation sites (tertiary alicyclic amines) is 1. The van der Waals surface area contributed by atoms with Crippen molar-refractivity contribution in [3.8, 4) is 11.8 Å². The molecular weight excluding hydrogens is 320 g/mol. The molecule has 0 atom stereocenters. The van der Waals surface area contributed by atoms with Crippen LogP contribution in [0.25, 0.3) is 0 Å². The maximum atomic E-state index is 12.0. The number of ether oxygens (including phenoxy) is 1. The molecule has 1 aliphatic rings. The molecule has 1 aromatic rings. The number of nitrogens with one attached hydrogen (secondary N) is 2. The first kappa shape index (κ1) is 18.3. The third kappa shape index (κ3) is 5.53. The summed E-state index contributed by atoms with van der Waals surface area (Å²) in [5.41, 5.74) is 0.738. The van der Waals surface area contributed by atoms with Gasteiger partial charge in [-0.25, -0.2) is 0 Å². The fraction of sp³-hybridized carbons (Fsp3) is 0.389. The second kappa shape index (κ2) is 9.33. The van der Waals surface area contributed by atoms with Crippen molar-refractivity contribution in [3.63, 3.8) is 0 Å². The number of carbonyl (C=O) groups excluding carboxylic acids is 2. The number of hydrogen-bond acceptors (Lipinski definition) is 5. The third-order valence-corrected chi connectivity index (χ3v) is 3.90. The van der Waals surface area contributed by atoms with Crippen LogP contribution in [0.4, 0.5) is 5.69 Å². The molecule has 0 bridgehead atoms. The van der Waals surface area contributed by atoms with Crippen LogP contribution in [0.3, 0.4) is 0 Å². The Morgan fingerprint density at radius 2 is 2.16 bits per heavy atom. The van der Waals surface area contributed by atoms with Gasteiger partial charge in [0.1, 0.15) is 17.4 Å². The summed E-state index contributed by atoms with van der Waals surface area (Å²) in [6.45, 7) is 1.85. The monoisotopic (exact) mass is 342 g/mol. The van der Waals surface area contributed by atoms with Gasteiger partial charge in [-0.05, 0) is 37.1 Å². The lowest BCUT2D eigenvalue weighted by Gasteiger charge is -2.15. The Kier molecular flexibility index (Phi) is 6.84. The first-order valence-electron chi connectivity index (χ1n) is 8.21. The Labute approximate surface area is 147 Å². The minimum absolute atomic E-state index is 0.00642. The summed E-state index contributed by atoms with van der Waals surface area (Å²) in [5, 5.41) is 14.7. The Morgan fingerprint density at radius 3 is 2.76 bits per heavy atom. The SMILES string of the molecule is COc1ccc(N/C=C(/C#N)C(=O)NCCCN2CCCC2=O)cc1. The molecule has 2 rings (SSSR count). The van der Waals surface area contributed by atoms with Crippen molar-refractivity contribution in [1.29, 1.82) is 5.26 Å². The second-order valence-corrected chi connectivity index (χ2v) is 5.64. The van der Waals surface area contributed by atoms with Gasteiger partial charge >= 0.3 is 0 Å². The van der Waals surface area contributed by atoms with Crippen LogP contribution in [0.1, 0.15) is 19.3 Å². The number of anilines is 1. The molecule has 25 heavy (non-hydrogen) atoms. The highest BCUT2D eigenvalue weighted by molar-refractivity contribution is 5.97. The third-order valence-electron chi connectivity index (χ3n) is 3.90. The van der Waals surface area contributed by atoms with Gasteiger partial charge in [-0.15, -0.1) is 0 Å². The van der Waals surface area contributed by atoms with E-state index in [-0.39, 0.29) is 11.5 Å². The van der Waals surface area contributed by atoms with Gasteiger partial charge in [0, 0.05) is 37.9 Å². The molecule has 0 aromatic heterocycles. The summed E-state index contributed by atoms with van der Waals surface area (Å²) < 4.78 is 5.07. The van der Waals surface area contributed by atoms with E-state index >= 15 is 0 Å². The van der Waals surface area contributed by atoms with Crippen molar-refractivity contribution in [2.75, 3.05) is 32.1 Å². The number of rotatable bonds is 8. The van der Waals surface area contributed by atoms with Gasteiger partial charge in [0.05, 0.1) is 7.11 Å². The molecule has 1 aliphatic heterocycles. The second-order valence-electron chi connectivity index (χ2n) is 5.64. The van der Waals surface area contributed by atoms with Gasteiger partial charge in [-0.1, -0.05) is 0 Å². The molecule has 0 unspecified atom stereocenters. The van der Waals surface area contributed by atoms with Crippen LogP contribution >= 0.6 is 0 Å². The molecule has 0 spiro atoms. The van der Waals surface area contributed by atoms with Crippen LogP contribution in [0.2, 0.25) is 0 Å². The summed E-state index contributed by atoms with van der Waals surface area (Å²) in [5.74, 6) is 0.466. The van der Waals surface area contributed by atoms with Crippen molar-refractivity contribution in [1.82, 2.24) is 10.2 Å². The topological polar surface area (TPSA) is 94.5 Å². The fourth-order valence-electron chi connectivity index (χ4n) is 2.50. The number of carbonyl (C=O) groups is 2. The van der Waals surface area contributed by atoms with Gasteiger partial charge in [0.15, 0.2) is 0 Å². The highest BCUT2D eigenvalue weighted by Gasteiger charge is 2.19. The Hall–Kier alpha value is -3.01. The van der Waals surface area contributed by atoms with Crippen LogP contribution in [-0.4, -0.2) is 43.5 Å².